The third-order valence-electron chi connectivity index (χ3n) is 13.1. The van der Waals surface area contributed by atoms with Crippen molar-refractivity contribution in [1.82, 2.24) is 0 Å². The van der Waals surface area contributed by atoms with Crippen LogP contribution in [-0.2, 0) is 38.0 Å². The van der Waals surface area contributed by atoms with Gasteiger partial charge in [0, 0.05) is 12.8 Å². The number of carbonyl (C=O) groups is 2. The van der Waals surface area contributed by atoms with Crippen LogP contribution in [0.4, 0.5) is 0 Å². The Balaban J connectivity index is 1.77. The summed E-state index contributed by atoms with van der Waals surface area (Å²) in [7, 11) is 0. The first-order chi connectivity index (χ1) is 34.0. The summed E-state index contributed by atoms with van der Waals surface area (Å²) >= 11 is 0. The fraction of sp³-hybridized carbons (Fsp3) is 0.855. The van der Waals surface area contributed by atoms with Crippen LogP contribution in [0.5, 0.6) is 0 Å². The maximum atomic E-state index is 13.0. The van der Waals surface area contributed by atoms with E-state index in [2.05, 4.69) is 50.3 Å². The standard InChI is InChI=1S/C55H98O15/c1-3-5-7-9-11-13-15-17-19-20-21-22-24-25-27-29-31-33-35-37-46(57)65-40-43(68-47(58)38-36-34-32-30-28-26-23-18-16-14-12-10-8-6-4-2)41-66-54-53(64)51(62)49(60)45(70-54)42-67-55-52(63)50(61)48(59)44(39-56)69-55/h6,8,12,14,18,23,43-45,48-56,59-64H,3-5,7,9-11,13,15-17,19-22,24-42H2,1-2H3/b8-6-,14-12-,23-18-. The van der Waals surface area contributed by atoms with Crippen LogP contribution in [0.2, 0.25) is 0 Å². The molecule has 0 aromatic carbocycles. The van der Waals surface area contributed by atoms with E-state index in [0.29, 0.717) is 12.8 Å². The topological polar surface area (TPSA) is 231 Å². The van der Waals surface area contributed by atoms with Gasteiger partial charge in [-0.3, -0.25) is 9.59 Å². The summed E-state index contributed by atoms with van der Waals surface area (Å²) in [5, 5.41) is 72.2. The molecule has 0 saturated carbocycles. The Hall–Kier alpha value is -2.28. The van der Waals surface area contributed by atoms with E-state index in [1.165, 1.54) is 96.3 Å². The molecule has 2 rings (SSSR count). The smallest absolute Gasteiger partial charge is 0.306 e. The highest BCUT2D eigenvalue weighted by Crippen LogP contribution is 2.27. The molecule has 15 heteroatoms. The summed E-state index contributed by atoms with van der Waals surface area (Å²) in [4.78, 5) is 25.8. The second kappa shape index (κ2) is 42.1. The number of hydrogen-bond acceptors (Lipinski definition) is 15. The van der Waals surface area contributed by atoms with E-state index in [0.717, 1.165) is 70.6 Å². The van der Waals surface area contributed by atoms with Crippen LogP contribution in [0.3, 0.4) is 0 Å². The molecule has 0 aliphatic carbocycles. The predicted octanol–water partition coefficient (Wildman–Crippen LogP) is 8.49. The first-order valence-electron chi connectivity index (χ1n) is 27.6. The lowest BCUT2D eigenvalue weighted by Crippen LogP contribution is -2.61. The van der Waals surface area contributed by atoms with E-state index in [9.17, 15) is 45.3 Å². The molecule has 11 unspecified atom stereocenters. The molecule has 408 valence electrons. The maximum absolute atomic E-state index is 13.0. The van der Waals surface area contributed by atoms with Gasteiger partial charge in [-0.1, -0.05) is 185 Å². The van der Waals surface area contributed by atoms with Crippen LogP contribution in [0.1, 0.15) is 206 Å². The Kier molecular flexibility index (Phi) is 38.4. The van der Waals surface area contributed by atoms with E-state index in [1.54, 1.807) is 0 Å². The first-order valence-corrected chi connectivity index (χ1v) is 27.6. The molecule has 15 nitrogen and oxygen atoms in total. The van der Waals surface area contributed by atoms with Crippen molar-refractivity contribution in [1.29, 1.82) is 0 Å². The lowest BCUT2D eigenvalue weighted by atomic mass is 9.98. The molecule has 2 aliphatic heterocycles. The van der Waals surface area contributed by atoms with Crippen molar-refractivity contribution in [3.63, 3.8) is 0 Å². The van der Waals surface area contributed by atoms with Gasteiger partial charge in [0.2, 0.25) is 0 Å². The highest BCUT2D eigenvalue weighted by Gasteiger charge is 2.47. The molecule has 2 aliphatic rings. The van der Waals surface area contributed by atoms with Gasteiger partial charge in [-0.2, -0.15) is 0 Å². The molecular weight excluding hydrogens is 901 g/mol. The lowest BCUT2D eigenvalue weighted by molar-refractivity contribution is -0.332. The number of allylic oxidation sites excluding steroid dienone is 6. The molecular formula is C55H98O15. The van der Waals surface area contributed by atoms with Crippen molar-refractivity contribution in [3.05, 3.63) is 36.5 Å². The van der Waals surface area contributed by atoms with E-state index in [1.807, 2.05) is 0 Å². The van der Waals surface area contributed by atoms with Crippen molar-refractivity contribution < 1.29 is 73.8 Å². The summed E-state index contributed by atoms with van der Waals surface area (Å²) in [5.74, 6) is -0.937. The van der Waals surface area contributed by atoms with Gasteiger partial charge >= 0.3 is 11.9 Å². The third-order valence-corrected chi connectivity index (χ3v) is 13.1. The minimum absolute atomic E-state index is 0.147. The molecule has 0 aromatic rings. The number of carbonyl (C=O) groups excluding carboxylic acids is 2. The Morgan fingerprint density at radius 3 is 1.41 bits per heavy atom. The average Bonchev–Trinajstić information content (AvgIpc) is 3.35. The SMILES string of the molecule is CC/C=C\C/C=C\C/C=C\CCCCCCCC(=O)OC(COC(=O)CCCCCCCCCCCCCCCCCCCCC)COC1OC(COC2OC(CO)C(O)C(O)C2O)C(O)C(O)C1O. The molecule has 0 bridgehead atoms. The van der Waals surface area contributed by atoms with Gasteiger partial charge < -0.3 is 64.2 Å². The normalized spacial score (nSPS) is 25.6. The van der Waals surface area contributed by atoms with Gasteiger partial charge in [0.25, 0.3) is 0 Å². The Labute approximate surface area is 421 Å². The summed E-state index contributed by atoms with van der Waals surface area (Å²) in [6, 6.07) is 0. The molecule has 2 fully saturated rings. The monoisotopic (exact) mass is 999 g/mol. The van der Waals surface area contributed by atoms with Crippen LogP contribution in [0.15, 0.2) is 36.5 Å². The zero-order chi connectivity index (χ0) is 51.0. The summed E-state index contributed by atoms with van der Waals surface area (Å²) in [6.45, 7) is 2.49. The number of unbranched alkanes of at least 4 members (excludes halogenated alkanes) is 23. The number of aliphatic hydroxyl groups excluding tert-OH is 7. The van der Waals surface area contributed by atoms with Crippen molar-refractivity contribution >= 4 is 11.9 Å². The van der Waals surface area contributed by atoms with Crippen LogP contribution >= 0.6 is 0 Å². The van der Waals surface area contributed by atoms with Crippen LogP contribution in [-0.4, -0.2) is 142 Å². The van der Waals surface area contributed by atoms with E-state index >= 15 is 0 Å². The quantitative estimate of drug-likeness (QED) is 0.0173. The largest absolute Gasteiger partial charge is 0.462 e. The van der Waals surface area contributed by atoms with Gasteiger partial charge in [-0.15, -0.1) is 0 Å². The number of rotatable bonds is 43. The fourth-order valence-corrected chi connectivity index (χ4v) is 8.64. The van der Waals surface area contributed by atoms with Crippen molar-refractivity contribution in [3.8, 4) is 0 Å². The molecule has 11 atom stereocenters. The van der Waals surface area contributed by atoms with E-state index in [-0.39, 0.29) is 26.1 Å². The lowest BCUT2D eigenvalue weighted by Gasteiger charge is -2.42. The second-order valence-corrected chi connectivity index (χ2v) is 19.4. The van der Waals surface area contributed by atoms with E-state index in [4.69, 9.17) is 28.4 Å². The van der Waals surface area contributed by atoms with Gasteiger partial charge in [0.1, 0.15) is 55.4 Å². The molecule has 0 amide bonds. The minimum atomic E-state index is -1.77. The van der Waals surface area contributed by atoms with Gasteiger partial charge in [-0.25, -0.2) is 0 Å². The van der Waals surface area contributed by atoms with E-state index < -0.39 is 92.7 Å². The first kappa shape index (κ1) is 63.8. The molecule has 2 heterocycles. The highest BCUT2D eigenvalue weighted by molar-refractivity contribution is 5.70. The van der Waals surface area contributed by atoms with Crippen molar-refractivity contribution in [2.24, 2.45) is 0 Å². The third kappa shape index (κ3) is 29.4. The molecule has 0 radical (unpaired) electrons. The van der Waals surface area contributed by atoms with Gasteiger partial charge in [-0.05, 0) is 44.9 Å². The van der Waals surface area contributed by atoms with Crippen molar-refractivity contribution in [2.45, 2.75) is 274 Å². The minimum Gasteiger partial charge on any atom is -0.462 e. The zero-order valence-electron chi connectivity index (χ0n) is 43.3. The van der Waals surface area contributed by atoms with Crippen LogP contribution < -0.4 is 0 Å². The Morgan fingerprint density at radius 2 is 0.900 bits per heavy atom. The average molecular weight is 999 g/mol. The molecule has 0 spiro atoms. The Bertz CT molecular complexity index is 1360. The maximum Gasteiger partial charge on any atom is 0.306 e. The summed E-state index contributed by atoms with van der Waals surface area (Å²) in [5.41, 5.74) is 0. The highest BCUT2D eigenvalue weighted by atomic mass is 16.7. The predicted molar refractivity (Wildman–Crippen MR) is 270 cm³/mol. The molecule has 0 aromatic heterocycles. The van der Waals surface area contributed by atoms with Crippen LogP contribution in [0, 0.1) is 0 Å². The van der Waals surface area contributed by atoms with Crippen LogP contribution in [0.25, 0.3) is 0 Å². The molecule has 7 N–H and O–H groups in total. The fourth-order valence-electron chi connectivity index (χ4n) is 8.64. The number of esters is 2. The Morgan fingerprint density at radius 1 is 0.471 bits per heavy atom. The number of hydrogen-bond donors (Lipinski definition) is 7. The van der Waals surface area contributed by atoms with Crippen molar-refractivity contribution in [2.75, 3.05) is 26.4 Å². The summed E-state index contributed by atoms with van der Waals surface area (Å²) in [6.07, 6.45) is 28.8. The zero-order valence-corrected chi connectivity index (χ0v) is 43.3. The molecule has 70 heavy (non-hydrogen) atoms. The number of ether oxygens (including phenoxy) is 6. The number of aliphatic hydroxyl groups is 7. The van der Waals surface area contributed by atoms with Gasteiger partial charge in [0.05, 0.1) is 19.8 Å². The summed E-state index contributed by atoms with van der Waals surface area (Å²) < 4.78 is 33.6. The van der Waals surface area contributed by atoms with Gasteiger partial charge in [0.15, 0.2) is 18.7 Å². The molecule has 2 saturated heterocycles. The second-order valence-electron chi connectivity index (χ2n) is 19.4.